The molecule has 5 aliphatic carbocycles. The lowest BCUT2D eigenvalue weighted by atomic mass is 9.42. The fourth-order valence-electron chi connectivity index (χ4n) is 11.0. The topological polar surface area (TPSA) is 34.1 Å². The number of carbonyl (C=O) groups excluding carboxylic acids is 2. The predicted octanol–water partition coefficient (Wildman–Crippen LogP) is 7.64. The van der Waals surface area contributed by atoms with E-state index in [-0.39, 0.29) is 11.3 Å². The van der Waals surface area contributed by atoms with E-state index < -0.39 is 0 Å². The largest absolute Gasteiger partial charge is 0.299 e. The third-order valence-corrected chi connectivity index (χ3v) is 13.1. The fraction of sp³-hybridized carbons (Fsp3) is 0.933. The lowest BCUT2D eigenvalue weighted by Gasteiger charge is -2.62. The molecule has 0 aromatic carbocycles. The first-order chi connectivity index (χ1) is 14.9. The molecule has 5 saturated carbocycles. The summed E-state index contributed by atoms with van der Waals surface area (Å²) in [5, 5.41) is 0. The van der Waals surface area contributed by atoms with Crippen LogP contribution in [0, 0.1) is 56.7 Å². The van der Waals surface area contributed by atoms with Gasteiger partial charge < -0.3 is 0 Å². The molecule has 0 N–H and O–H groups in total. The molecule has 0 heterocycles. The van der Waals surface area contributed by atoms with Crippen LogP contribution in [0.5, 0.6) is 0 Å². The Hall–Kier alpha value is -0.660. The summed E-state index contributed by atoms with van der Waals surface area (Å²) in [6.45, 7) is 16.4. The molecule has 5 fully saturated rings. The predicted molar refractivity (Wildman–Crippen MR) is 130 cm³/mol. The summed E-state index contributed by atoms with van der Waals surface area (Å²) in [5.74, 6) is 4.04. The zero-order valence-corrected chi connectivity index (χ0v) is 22.0. The maximum Gasteiger partial charge on any atom is 0.138 e. The van der Waals surface area contributed by atoms with E-state index in [9.17, 15) is 9.59 Å². The van der Waals surface area contributed by atoms with Gasteiger partial charge in [0.1, 0.15) is 11.6 Å². The maximum absolute atomic E-state index is 12.8. The Morgan fingerprint density at radius 1 is 0.875 bits per heavy atom. The highest BCUT2D eigenvalue weighted by atomic mass is 16.1. The Morgan fingerprint density at radius 3 is 2.22 bits per heavy atom. The number of rotatable bonds is 5. The minimum Gasteiger partial charge on any atom is -0.299 e. The second-order valence-electron chi connectivity index (χ2n) is 14.4. The first kappa shape index (κ1) is 23.1. The Balaban J connectivity index is 1.39. The summed E-state index contributed by atoms with van der Waals surface area (Å²) in [4.78, 5) is 25.1. The van der Waals surface area contributed by atoms with Gasteiger partial charge in [-0.2, -0.15) is 0 Å². The number of hydrogen-bond acceptors (Lipinski definition) is 2. The molecule has 2 spiro atoms. The molecule has 0 unspecified atom stereocenters. The van der Waals surface area contributed by atoms with E-state index >= 15 is 0 Å². The van der Waals surface area contributed by atoms with Crippen LogP contribution < -0.4 is 0 Å². The molecule has 0 aromatic heterocycles. The molecular weight excluding hydrogens is 392 g/mol. The van der Waals surface area contributed by atoms with Crippen molar-refractivity contribution in [3.8, 4) is 0 Å². The Bertz CT molecular complexity index is 825. The molecule has 0 aromatic rings. The Labute approximate surface area is 197 Å². The minimum atomic E-state index is -0.107. The van der Waals surface area contributed by atoms with Gasteiger partial charge in [-0.15, -0.1) is 0 Å². The second-order valence-corrected chi connectivity index (χ2v) is 14.4. The van der Waals surface area contributed by atoms with E-state index in [0.29, 0.717) is 45.1 Å². The smallest absolute Gasteiger partial charge is 0.138 e. The van der Waals surface area contributed by atoms with Crippen molar-refractivity contribution in [1.29, 1.82) is 0 Å². The lowest BCUT2D eigenvalue weighted by Crippen LogP contribution is -2.57. The molecule has 32 heavy (non-hydrogen) atoms. The summed E-state index contributed by atoms with van der Waals surface area (Å²) in [5.41, 5.74) is 1.76. The van der Waals surface area contributed by atoms with E-state index in [1.807, 2.05) is 13.8 Å². The van der Waals surface area contributed by atoms with Gasteiger partial charge in [0, 0.05) is 24.2 Å². The number of hydrogen-bond donors (Lipinski definition) is 0. The third kappa shape index (κ3) is 2.65. The molecule has 8 atom stereocenters. The molecule has 2 heteroatoms. The van der Waals surface area contributed by atoms with Crippen LogP contribution in [0.2, 0.25) is 0 Å². The monoisotopic (exact) mass is 440 g/mol. The van der Waals surface area contributed by atoms with Crippen LogP contribution in [0.4, 0.5) is 0 Å². The summed E-state index contributed by atoms with van der Waals surface area (Å²) in [7, 11) is 0. The van der Waals surface area contributed by atoms with Gasteiger partial charge >= 0.3 is 0 Å². The zero-order chi connectivity index (χ0) is 23.3. The number of carbonyl (C=O) groups is 2. The van der Waals surface area contributed by atoms with Gasteiger partial charge in [0.15, 0.2) is 0 Å². The van der Waals surface area contributed by atoms with Crippen LogP contribution in [0.15, 0.2) is 0 Å². The van der Waals surface area contributed by atoms with E-state index in [0.717, 1.165) is 31.1 Å². The number of fused-ring (bicyclic) bond motifs is 2. The van der Waals surface area contributed by atoms with E-state index in [1.165, 1.54) is 51.4 Å². The van der Waals surface area contributed by atoms with Crippen LogP contribution in [0.1, 0.15) is 119 Å². The highest BCUT2D eigenvalue weighted by Crippen LogP contribution is 2.88. The van der Waals surface area contributed by atoms with Crippen molar-refractivity contribution in [1.82, 2.24) is 0 Å². The number of ketones is 2. The molecule has 180 valence electrons. The first-order valence-electron chi connectivity index (χ1n) is 13.9. The summed E-state index contributed by atoms with van der Waals surface area (Å²) < 4.78 is 0. The average Bonchev–Trinajstić information content (AvgIpc) is 3.31. The van der Waals surface area contributed by atoms with Crippen LogP contribution in [0.3, 0.4) is 0 Å². The van der Waals surface area contributed by atoms with Crippen molar-refractivity contribution >= 4 is 11.6 Å². The standard InChI is InChI=1S/C30H48O2/c1-19(2)22(31)9-8-20(3)21-12-14-28(7)24-11-10-23-26(4,5)25(32)13-15-29(23)18-30(24,29)17-16-27(21,28)6/h19-21,23-24H,8-18H2,1-7H3/t20-,21-,23+,24+,27-,28+,29-,30+/m1/s1. The van der Waals surface area contributed by atoms with Crippen molar-refractivity contribution in [2.75, 3.05) is 0 Å². The molecule has 0 bridgehead atoms. The van der Waals surface area contributed by atoms with Crippen molar-refractivity contribution in [2.24, 2.45) is 56.7 Å². The SMILES string of the molecule is CC(C)C(=O)CC[C@@H](C)[C@H]1CC[C@@]2(C)[C@@H]3CC[C@H]4C(C)(C)C(=O)CC[C@@]45C[C@@]35CC[C@]12C. The Morgan fingerprint density at radius 2 is 1.53 bits per heavy atom. The lowest BCUT2D eigenvalue weighted by molar-refractivity contribution is -0.157. The van der Waals surface area contributed by atoms with Gasteiger partial charge in [-0.05, 0) is 103 Å². The highest BCUT2D eigenvalue weighted by molar-refractivity contribution is 5.86. The van der Waals surface area contributed by atoms with Crippen molar-refractivity contribution in [3.05, 3.63) is 0 Å². The number of Topliss-reactive ketones (excluding diaryl/α,β-unsaturated/α-hetero) is 2. The quantitative estimate of drug-likeness (QED) is 0.440. The van der Waals surface area contributed by atoms with Gasteiger partial charge in [0.25, 0.3) is 0 Å². The Kier molecular flexibility index (Phi) is 5.01. The van der Waals surface area contributed by atoms with Gasteiger partial charge in [-0.3, -0.25) is 9.59 Å². The molecular formula is C30H48O2. The van der Waals surface area contributed by atoms with E-state index in [2.05, 4.69) is 34.6 Å². The van der Waals surface area contributed by atoms with Gasteiger partial charge in [-0.25, -0.2) is 0 Å². The molecule has 0 saturated heterocycles. The van der Waals surface area contributed by atoms with Crippen LogP contribution in [-0.4, -0.2) is 11.6 Å². The van der Waals surface area contributed by atoms with Crippen LogP contribution in [-0.2, 0) is 9.59 Å². The van der Waals surface area contributed by atoms with Crippen molar-refractivity contribution < 1.29 is 9.59 Å². The normalized spacial score (nSPS) is 49.6. The van der Waals surface area contributed by atoms with Crippen molar-refractivity contribution in [2.45, 2.75) is 119 Å². The van der Waals surface area contributed by atoms with Gasteiger partial charge in [0.2, 0.25) is 0 Å². The molecule has 2 nitrogen and oxygen atoms in total. The van der Waals surface area contributed by atoms with Crippen LogP contribution in [0.25, 0.3) is 0 Å². The summed E-state index contributed by atoms with van der Waals surface area (Å²) in [6.07, 6.45) is 13.4. The summed E-state index contributed by atoms with van der Waals surface area (Å²) in [6, 6.07) is 0. The zero-order valence-electron chi connectivity index (χ0n) is 22.0. The summed E-state index contributed by atoms with van der Waals surface area (Å²) >= 11 is 0. The van der Waals surface area contributed by atoms with Gasteiger partial charge in [-0.1, -0.05) is 48.5 Å². The fourth-order valence-corrected chi connectivity index (χ4v) is 11.0. The van der Waals surface area contributed by atoms with E-state index in [4.69, 9.17) is 0 Å². The average molecular weight is 441 g/mol. The van der Waals surface area contributed by atoms with E-state index in [1.54, 1.807) is 0 Å². The van der Waals surface area contributed by atoms with Crippen molar-refractivity contribution in [3.63, 3.8) is 0 Å². The highest BCUT2D eigenvalue weighted by Gasteiger charge is 2.82. The molecule has 5 aliphatic rings. The van der Waals surface area contributed by atoms with Gasteiger partial charge in [0.05, 0.1) is 0 Å². The maximum atomic E-state index is 12.8. The third-order valence-electron chi connectivity index (χ3n) is 13.1. The van der Waals surface area contributed by atoms with Crippen LogP contribution >= 0.6 is 0 Å². The molecule has 0 amide bonds. The first-order valence-corrected chi connectivity index (χ1v) is 13.9. The molecule has 0 radical (unpaired) electrons. The molecule has 5 rings (SSSR count). The second kappa shape index (κ2) is 6.94. The molecule has 0 aliphatic heterocycles. The minimum absolute atomic E-state index is 0.107.